The molecule has 1 aromatic heterocycles. The Morgan fingerprint density at radius 2 is 1.87 bits per heavy atom. The van der Waals surface area contributed by atoms with Gasteiger partial charge in [0.15, 0.2) is 0 Å². The lowest BCUT2D eigenvalue weighted by Gasteiger charge is -2.30. The van der Waals surface area contributed by atoms with Crippen molar-refractivity contribution in [3.63, 3.8) is 0 Å². The fraction of sp³-hybridized carbons (Fsp3) is 0.348. The third-order valence-corrected chi connectivity index (χ3v) is 5.91. The Hall–Kier alpha value is -2.70. The van der Waals surface area contributed by atoms with Crippen LogP contribution in [-0.4, -0.2) is 34.0 Å². The van der Waals surface area contributed by atoms with E-state index in [1.165, 1.54) is 11.1 Å². The number of hydrogen-bond donors (Lipinski definition) is 1. The van der Waals surface area contributed by atoms with E-state index in [0.717, 1.165) is 37.2 Å². The number of carbonyl (C=O) groups is 1. The second-order valence-electron chi connectivity index (χ2n) is 7.86. The van der Waals surface area contributed by atoms with Crippen LogP contribution in [0.2, 0.25) is 5.02 Å². The molecular formula is C23H25ClN4O2. The number of nitrogens with zero attached hydrogens (tertiary/aromatic N) is 3. The standard InChI is InChI=1S/C23H25ClN4O2/c1-15-3-8-20(13-16(15)2)25-23(29)18-9-11-28(12-10-18)14-21-26-22(27-30-21)17-4-6-19(24)7-5-17/h3-8,13,18H,9-12,14H2,1-2H3,(H,25,29). The first-order chi connectivity index (χ1) is 14.5. The predicted octanol–water partition coefficient (Wildman–Crippen LogP) is 4.86. The van der Waals surface area contributed by atoms with Crippen molar-refractivity contribution in [3.8, 4) is 11.4 Å². The average Bonchev–Trinajstić information content (AvgIpc) is 3.20. The number of anilines is 1. The molecular weight excluding hydrogens is 400 g/mol. The highest BCUT2D eigenvalue weighted by Gasteiger charge is 2.26. The lowest BCUT2D eigenvalue weighted by atomic mass is 9.95. The van der Waals surface area contributed by atoms with Gasteiger partial charge in [0.2, 0.25) is 17.6 Å². The van der Waals surface area contributed by atoms with Crippen molar-refractivity contribution in [3.05, 3.63) is 64.5 Å². The third kappa shape index (κ3) is 4.89. The molecule has 0 atom stereocenters. The third-order valence-electron chi connectivity index (χ3n) is 5.66. The fourth-order valence-corrected chi connectivity index (χ4v) is 3.77. The van der Waals surface area contributed by atoms with Crippen LogP contribution in [0.1, 0.15) is 29.9 Å². The maximum absolute atomic E-state index is 12.6. The van der Waals surface area contributed by atoms with Gasteiger partial charge in [-0.25, -0.2) is 0 Å². The number of benzene rings is 2. The molecule has 0 bridgehead atoms. The zero-order valence-corrected chi connectivity index (χ0v) is 17.9. The number of amides is 1. The van der Waals surface area contributed by atoms with Crippen LogP contribution in [0.4, 0.5) is 5.69 Å². The highest BCUT2D eigenvalue weighted by atomic mass is 35.5. The number of piperidine rings is 1. The maximum Gasteiger partial charge on any atom is 0.241 e. The molecule has 156 valence electrons. The molecule has 4 rings (SSSR count). The first-order valence-corrected chi connectivity index (χ1v) is 10.5. The summed E-state index contributed by atoms with van der Waals surface area (Å²) < 4.78 is 5.41. The minimum Gasteiger partial charge on any atom is -0.338 e. The Bertz CT molecular complexity index is 1020. The largest absolute Gasteiger partial charge is 0.338 e. The van der Waals surface area contributed by atoms with Crippen molar-refractivity contribution in [2.45, 2.75) is 33.2 Å². The number of halogens is 1. The van der Waals surface area contributed by atoms with Gasteiger partial charge < -0.3 is 9.84 Å². The summed E-state index contributed by atoms with van der Waals surface area (Å²) >= 11 is 5.93. The number of aryl methyl sites for hydroxylation is 2. The number of rotatable bonds is 5. The molecule has 1 saturated heterocycles. The van der Waals surface area contributed by atoms with Crippen LogP contribution in [0.25, 0.3) is 11.4 Å². The van der Waals surface area contributed by atoms with E-state index in [4.69, 9.17) is 16.1 Å². The summed E-state index contributed by atoms with van der Waals surface area (Å²) in [6, 6.07) is 13.4. The number of nitrogens with one attached hydrogen (secondary N) is 1. The maximum atomic E-state index is 12.6. The monoisotopic (exact) mass is 424 g/mol. The summed E-state index contributed by atoms with van der Waals surface area (Å²) in [6.07, 6.45) is 1.63. The molecule has 1 N–H and O–H groups in total. The summed E-state index contributed by atoms with van der Waals surface area (Å²) in [5.74, 6) is 1.26. The summed E-state index contributed by atoms with van der Waals surface area (Å²) in [4.78, 5) is 19.4. The summed E-state index contributed by atoms with van der Waals surface area (Å²) in [6.45, 7) is 6.36. The number of hydrogen-bond acceptors (Lipinski definition) is 5. The molecule has 6 nitrogen and oxygen atoms in total. The molecule has 1 aliphatic rings. The van der Waals surface area contributed by atoms with Crippen LogP contribution in [0.15, 0.2) is 47.0 Å². The van der Waals surface area contributed by atoms with E-state index >= 15 is 0 Å². The van der Waals surface area contributed by atoms with Crippen molar-refractivity contribution in [1.29, 1.82) is 0 Å². The minimum absolute atomic E-state index is 0.0233. The molecule has 7 heteroatoms. The van der Waals surface area contributed by atoms with E-state index in [1.54, 1.807) is 12.1 Å². The van der Waals surface area contributed by atoms with Crippen LogP contribution < -0.4 is 5.32 Å². The lowest BCUT2D eigenvalue weighted by Crippen LogP contribution is -2.37. The van der Waals surface area contributed by atoms with E-state index in [1.807, 2.05) is 30.3 Å². The Kier molecular flexibility index (Phi) is 6.16. The molecule has 0 radical (unpaired) electrons. The second-order valence-corrected chi connectivity index (χ2v) is 8.29. The molecule has 0 spiro atoms. The van der Waals surface area contributed by atoms with Gasteiger partial charge >= 0.3 is 0 Å². The quantitative estimate of drug-likeness (QED) is 0.633. The van der Waals surface area contributed by atoms with Gasteiger partial charge in [-0.2, -0.15) is 4.98 Å². The van der Waals surface area contributed by atoms with Gasteiger partial charge in [-0.05, 0) is 87.3 Å². The lowest BCUT2D eigenvalue weighted by molar-refractivity contribution is -0.121. The van der Waals surface area contributed by atoms with Crippen molar-refractivity contribution < 1.29 is 9.32 Å². The number of aromatic nitrogens is 2. The first kappa shape index (κ1) is 20.6. The van der Waals surface area contributed by atoms with E-state index in [2.05, 4.69) is 34.2 Å². The van der Waals surface area contributed by atoms with E-state index in [0.29, 0.717) is 23.3 Å². The molecule has 0 unspecified atom stereocenters. The molecule has 2 heterocycles. The van der Waals surface area contributed by atoms with Crippen molar-refractivity contribution in [2.75, 3.05) is 18.4 Å². The minimum atomic E-state index is 0.0233. The van der Waals surface area contributed by atoms with Crippen molar-refractivity contribution >= 4 is 23.2 Å². The van der Waals surface area contributed by atoms with Crippen LogP contribution in [0, 0.1) is 19.8 Å². The Morgan fingerprint density at radius 1 is 1.13 bits per heavy atom. The van der Waals surface area contributed by atoms with Gasteiger partial charge in [-0.15, -0.1) is 0 Å². The predicted molar refractivity (Wildman–Crippen MR) is 117 cm³/mol. The van der Waals surface area contributed by atoms with E-state index < -0.39 is 0 Å². The molecule has 1 fully saturated rings. The van der Waals surface area contributed by atoms with Gasteiger partial charge in [0.25, 0.3) is 0 Å². The first-order valence-electron chi connectivity index (χ1n) is 10.2. The Labute approximate surface area is 181 Å². The van der Waals surface area contributed by atoms with Crippen LogP contribution in [-0.2, 0) is 11.3 Å². The van der Waals surface area contributed by atoms with Crippen LogP contribution in [0.5, 0.6) is 0 Å². The molecule has 1 aliphatic heterocycles. The molecule has 0 aliphatic carbocycles. The molecule has 30 heavy (non-hydrogen) atoms. The highest BCUT2D eigenvalue weighted by Crippen LogP contribution is 2.23. The number of carbonyl (C=O) groups excluding carboxylic acids is 1. The summed E-state index contributed by atoms with van der Waals surface area (Å²) in [5, 5.41) is 7.80. The van der Waals surface area contributed by atoms with Gasteiger partial charge in [0.1, 0.15) is 0 Å². The van der Waals surface area contributed by atoms with Crippen LogP contribution >= 0.6 is 11.6 Å². The van der Waals surface area contributed by atoms with Crippen molar-refractivity contribution in [1.82, 2.24) is 15.0 Å². The normalized spacial score (nSPS) is 15.3. The number of likely N-dealkylation sites (tertiary alicyclic amines) is 1. The summed E-state index contributed by atoms with van der Waals surface area (Å²) in [7, 11) is 0. The SMILES string of the molecule is Cc1ccc(NC(=O)C2CCN(Cc3nc(-c4ccc(Cl)cc4)no3)CC2)cc1C. The van der Waals surface area contributed by atoms with E-state index in [9.17, 15) is 4.79 Å². The molecule has 3 aromatic rings. The topological polar surface area (TPSA) is 71.3 Å². The second kappa shape index (κ2) is 8.98. The Morgan fingerprint density at radius 3 is 2.57 bits per heavy atom. The van der Waals surface area contributed by atoms with E-state index in [-0.39, 0.29) is 11.8 Å². The summed E-state index contributed by atoms with van der Waals surface area (Å²) in [5.41, 5.74) is 4.14. The zero-order chi connectivity index (χ0) is 21.1. The van der Waals surface area contributed by atoms with Gasteiger partial charge in [0, 0.05) is 22.2 Å². The molecule has 0 saturated carbocycles. The fourth-order valence-electron chi connectivity index (χ4n) is 3.64. The molecule has 2 aromatic carbocycles. The van der Waals surface area contributed by atoms with Crippen molar-refractivity contribution in [2.24, 2.45) is 5.92 Å². The highest BCUT2D eigenvalue weighted by molar-refractivity contribution is 6.30. The Balaban J connectivity index is 1.29. The van der Waals surface area contributed by atoms with Gasteiger partial charge in [-0.1, -0.05) is 22.8 Å². The van der Waals surface area contributed by atoms with Crippen LogP contribution in [0.3, 0.4) is 0 Å². The smallest absolute Gasteiger partial charge is 0.241 e. The van der Waals surface area contributed by atoms with Gasteiger partial charge in [0.05, 0.1) is 6.54 Å². The van der Waals surface area contributed by atoms with Gasteiger partial charge in [-0.3, -0.25) is 9.69 Å². The average molecular weight is 425 g/mol. The molecule has 1 amide bonds. The zero-order valence-electron chi connectivity index (χ0n) is 17.2.